The first-order valence-electron chi connectivity index (χ1n) is 7.22. The summed E-state index contributed by atoms with van der Waals surface area (Å²) in [7, 11) is 0. The maximum Gasteiger partial charge on any atom is 0.228 e. The van der Waals surface area contributed by atoms with Crippen molar-refractivity contribution >= 4 is 27.7 Å². The smallest absolute Gasteiger partial charge is 0.228 e. The van der Waals surface area contributed by atoms with E-state index in [1.807, 2.05) is 31.2 Å². The lowest BCUT2D eigenvalue weighted by molar-refractivity contribution is -0.117. The number of azide groups is 1. The summed E-state index contributed by atoms with van der Waals surface area (Å²) < 4.78 is 0.996. The zero-order chi connectivity index (χ0) is 16.4. The van der Waals surface area contributed by atoms with Crippen molar-refractivity contribution < 1.29 is 4.79 Å². The Kier molecular flexibility index (Phi) is 4.36. The van der Waals surface area contributed by atoms with Gasteiger partial charge in [0.25, 0.3) is 0 Å². The number of carbonyl (C=O) groups is 1. The molecule has 1 aliphatic rings. The highest BCUT2D eigenvalue weighted by atomic mass is 79.9. The number of aromatic nitrogens is 2. The van der Waals surface area contributed by atoms with E-state index in [4.69, 9.17) is 5.53 Å². The van der Waals surface area contributed by atoms with Crippen LogP contribution in [0.25, 0.3) is 21.6 Å². The highest BCUT2D eigenvalue weighted by Crippen LogP contribution is 2.35. The monoisotopic (exact) mass is 374 g/mol. The standard InChI is InChI=1S/C15H15BrN6O/c1-9-14(11-2-4-12(16)5-3-11)15(20-19-9)22-8-10(6-13(22)23)7-18-21-17/h2-5,10H,6-8H2,1H3,(H,19,20). The lowest BCUT2D eigenvalue weighted by Gasteiger charge is -2.16. The van der Waals surface area contributed by atoms with Crippen molar-refractivity contribution in [1.29, 1.82) is 0 Å². The van der Waals surface area contributed by atoms with Gasteiger partial charge in [0.15, 0.2) is 5.82 Å². The highest BCUT2D eigenvalue weighted by molar-refractivity contribution is 9.10. The van der Waals surface area contributed by atoms with Crippen molar-refractivity contribution in [2.45, 2.75) is 13.3 Å². The summed E-state index contributed by atoms with van der Waals surface area (Å²) in [6, 6.07) is 7.90. The molecule has 1 N–H and O–H groups in total. The van der Waals surface area contributed by atoms with Crippen molar-refractivity contribution in [3.63, 3.8) is 0 Å². The lowest BCUT2D eigenvalue weighted by atomic mass is 10.1. The molecule has 23 heavy (non-hydrogen) atoms. The van der Waals surface area contributed by atoms with Crippen LogP contribution in [-0.2, 0) is 4.79 Å². The van der Waals surface area contributed by atoms with Crippen LogP contribution in [0.2, 0.25) is 0 Å². The zero-order valence-corrected chi connectivity index (χ0v) is 14.1. The molecule has 7 nitrogen and oxygen atoms in total. The number of nitrogens with zero attached hydrogens (tertiary/aromatic N) is 5. The van der Waals surface area contributed by atoms with Gasteiger partial charge >= 0.3 is 0 Å². The van der Waals surface area contributed by atoms with Crippen LogP contribution in [0.4, 0.5) is 5.82 Å². The fourth-order valence-corrected chi connectivity index (χ4v) is 3.10. The molecule has 0 spiro atoms. The number of benzene rings is 1. The Labute approximate surface area is 141 Å². The second-order valence-corrected chi connectivity index (χ2v) is 6.46. The van der Waals surface area contributed by atoms with Gasteiger partial charge in [0, 0.05) is 40.2 Å². The minimum atomic E-state index is 0.00741. The van der Waals surface area contributed by atoms with Gasteiger partial charge in [0.05, 0.1) is 0 Å². The van der Waals surface area contributed by atoms with Gasteiger partial charge in [-0.3, -0.25) is 14.8 Å². The van der Waals surface area contributed by atoms with Crippen molar-refractivity contribution in [2.24, 2.45) is 11.0 Å². The Hall–Kier alpha value is -2.31. The molecule has 8 heteroatoms. The van der Waals surface area contributed by atoms with Gasteiger partial charge in [0.2, 0.25) is 5.91 Å². The summed E-state index contributed by atoms with van der Waals surface area (Å²) in [6.07, 6.45) is 0.380. The van der Waals surface area contributed by atoms with E-state index < -0.39 is 0 Å². The predicted octanol–water partition coefficient (Wildman–Crippen LogP) is 3.81. The van der Waals surface area contributed by atoms with Gasteiger partial charge in [-0.1, -0.05) is 33.2 Å². The SMILES string of the molecule is Cc1[nH]nc(N2CC(CN=[N+]=[N-])CC2=O)c1-c1ccc(Br)cc1. The third-order valence-electron chi connectivity index (χ3n) is 3.92. The molecule has 3 rings (SSSR count). The van der Waals surface area contributed by atoms with Crippen LogP contribution < -0.4 is 4.90 Å². The molecule has 1 saturated heterocycles. The molecular weight excluding hydrogens is 360 g/mol. The van der Waals surface area contributed by atoms with Crippen molar-refractivity contribution in [3.05, 3.63) is 44.9 Å². The van der Waals surface area contributed by atoms with Gasteiger partial charge in [-0.2, -0.15) is 5.10 Å². The largest absolute Gasteiger partial charge is 0.295 e. The van der Waals surface area contributed by atoms with E-state index in [0.717, 1.165) is 21.3 Å². The number of aromatic amines is 1. The second kappa shape index (κ2) is 6.44. The van der Waals surface area contributed by atoms with Crippen LogP contribution in [0.5, 0.6) is 0 Å². The molecule has 1 aromatic heterocycles. The van der Waals surface area contributed by atoms with E-state index >= 15 is 0 Å². The lowest BCUT2D eigenvalue weighted by Crippen LogP contribution is -2.25. The zero-order valence-electron chi connectivity index (χ0n) is 12.5. The average molecular weight is 375 g/mol. The molecule has 0 radical (unpaired) electrons. The van der Waals surface area contributed by atoms with Crippen molar-refractivity contribution in [3.8, 4) is 11.1 Å². The fourth-order valence-electron chi connectivity index (χ4n) is 2.83. The molecule has 1 aliphatic heterocycles. The third-order valence-corrected chi connectivity index (χ3v) is 4.45. The van der Waals surface area contributed by atoms with E-state index in [1.54, 1.807) is 4.90 Å². The van der Waals surface area contributed by atoms with E-state index in [1.165, 1.54) is 0 Å². The first-order valence-corrected chi connectivity index (χ1v) is 8.01. The number of amides is 1. The number of hydrogen-bond acceptors (Lipinski definition) is 3. The molecular formula is C15H15BrN6O. The predicted molar refractivity (Wildman–Crippen MR) is 90.9 cm³/mol. The molecule has 1 fully saturated rings. The molecule has 0 bridgehead atoms. The van der Waals surface area contributed by atoms with Crippen LogP contribution in [0.15, 0.2) is 33.9 Å². The van der Waals surface area contributed by atoms with Crippen LogP contribution >= 0.6 is 15.9 Å². The number of halogens is 1. The first-order chi connectivity index (χ1) is 11.1. The van der Waals surface area contributed by atoms with E-state index in [-0.39, 0.29) is 11.8 Å². The molecule has 0 aliphatic carbocycles. The van der Waals surface area contributed by atoms with Gasteiger partial charge in [-0.25, -0.2) is 0 Å². The fraction of sp³-hybridized carbons (Fsp3) is 0.333. The number of anilines is 1. The van der Waals surface area contributed by atoms with Gasteiger partial charge < -0.3 is 0 Å². The average Bonchev–Trinajstić information content (AvgIpc) is 3.09. The van der Waals surface area contributed by atoms with Gasteiger partial charge in [0.1, 0.15) is 0 Å². The van der Waals surface area contributed by atoms with Crippen LogP contribution in [0.1, 0.15) is 12.1 Å². The van der Waals surface area contributed by atoms with Crippen molar-refractivity contribution in [1.82, 2.24) is 10.2 Å². The Bertz CT molecular complexity index is 778. The molecule has 2 heterocycles. The van der Waals surface area contributed by atoms with Crippen LogP contribution in [0, 0.1) is 12.8 Å². The number of H-pyrrole nitrogens is 1. The van der Waals surface area contributed by atoms with Crippen LogP contribution in [-0.4, -0.2) is 29.2 Å². The van der Waals surface area contributed by atoms with E-state index in [2.05, 4.69) is 36.2 Å². The second-order valence-electron chi connectivity index (χ2n) is 5.54. The van der Waals surface area contributed by atoms with Gasteiger partial charge in [-0.05, 0) is 36.1 Å². The van der Waals surface area contributed by atoms with Crippen LogP contribution in [0.3, 0.4) is 0 Å². The molecule has 1 aromatic carbocycles. The maximum atomic E-state index is 12.3. The molecule has 0 saturated carbocycles. The summed E-state index contributed by atoms with van der Waals surface area (Å²) in [5, 5.41) is 10.9. The molecule has 118 valence electrons. The number of rotatable bonds is 4. The van der Waals surface area contributed by atoms with E-state index in [0.29, 0.717) is 25.3 Å². The molecule has 2 aromatic rings. The summed E-state index contributed by atoms with van der Waals surface area (Å²) in [5.74, 6) is 0.680. The summed E-state index contributed by atoms with van der Waals surface area (Å²) >= 11 is 3.43. The Morgan fingerprint density at radius 3 is 2.91 bits per heavy atom. The Morgan fingerprint density at radius 1 is 1.48 bits per heavy atom. The molecule has 1 amide bonds. The number of nitrogens with one attached hydrogen (secondary N) is 1. The summed E-state index contributed by atoms with van der Waals surface area (Å²) in [4.78, 5) is 16.8. The normalized spacial score (nSPS) is 17.4. The summed E-state index contributed by atoms with van der Waals surface area (Å²) in [6.45, 7) is 2.79. The van der Waals surface area contributed by atoms with E-state index in [9.17, 15) is 4.79 Å². The molecule has 1 unspecified atom stereocenters. The first kappa shape index (κ1) is 15.6. The molecule has 1 atom stereocenters. The van der Waals surface area contributed by atoms with Gasteiger partial charge in [-0.15, -0.1) is 0 Å². The Balaban J connectivity index is 1.94. The number of aryl methyl sites for hydroxylation is 1. The number of carbonyl (C=O) groups excluding carboxylic acids is 1. The Morgan fingerprint density at radius 2 is 2.22 bits per heavy atom. The highest BCUT2D eigenvalue weighted by Gasteiger charge is 2.33. The minimum absolute atomic E-state index is 0.00741. The maximum absolute atomic E-state index is 12.3. The van der Waals surface area contributed by atoms with Crippen molar-refractivity contribution in [2.75, 3.05) is 18.0 Å². The minimum Gasteiger partial charge on any atom is -0.295 e. The topological polar surface area (TPSA) is 97.8 Å². The quantitative estimate of drug-likeness (QED) is 0.499. The number of hydrogen-bond donors (Lipinski definition) is 1. The third kappa shape index (κ3) is 3.09. The summed E-state index contributed by atoms with van der Waals surface area (Å²) in [5.41, 5.74) is 11.3.